The number of carbonyl (C=O) groups is 2. The van der Waals surface area contributed by atoms with E-state index in [0.717, 1.165) is 24.6 Å². The summed E-state index contributed by atoms with van der Waals surface area (Å²) in [6.07, 6.45) is 1.83. The van der Waals surface area contributed by atoms with Crippen LogP contribution < -0.4 is 0 Å². The average molecular weight is 220 g/mol. The summed E-state index contributed by atoms with van der Waals surface area (Å²) in [5.41, 5.74) is 0. The number of aliphatic carboxylic acids is 1. The summed E-state index contributed by atoms with van der Waals surface area (Å²) >= 11 is 1.08. The van der Waals surface area contributed by atoms with Crippen molar-refractivity contribution >= 4 is 23.7 Å². The van der Waals surface area contributed by atoms with Crippen LogP contribution in [0.15, 0.2) is 0 Å². The topological polar surface area (TPSA) is 63.6 Å². The SMILES string of the molecule is CCCCOC(=O)CSC(C)C(=O)O. The van der Waals surface area contributed by atoms with Gasteiger partial charge in [-0.25, -0.2) is 0 Å². The van der Waals surface area contributed by atoms with E-state index < -0.39 is 11.2 Å². The molecule has 0 rings (SSSR count). The molecular formula is C9H16O4S. The molecule has 0 amide bonds. The third-order valence-corrected chi connectivity index (χ3v) is 2.66. The number of esters is 1. The van der Waals surface area contributed by atoms with E-state index in [1.165, 1.54) is 0 Å². The summed E-state index contributed by atoms with van der Waals surface area (Å²) in [5, 5.41) is 7.97. The highest BCUT2D eigenvalue weighted by atomic mass is 32.2. The van der Waals surface area contributed by atoms with Gasteiger partial charge in [-0.3, -0.25) is 9.59 Å². The van der Waals surface area contributed by atoms with Gasteiger partial charge in [-0.05, 0) is 13.3 Å². The smallest absolute Gasteiger partial charge is 0.316 e. The van der Waals surface area contributed by atoms with Crippen molar-refractivity contribution in [2.45, 2.75) is 31.9 Å². The lowest BCUT2D eigenvalue weighted by Crippen LogP contribution is -2.16. The Labute approximate surface area is 88.0 Å². The Kier molecular flexibility index (Phi) is 7.28. The summed E-state index contributed by atoms with van der Waals surface area (Å²) in [7, 11) is 0. The number of carbonyl (C=O) groups excluding carboxylic acids is 1. The van der Waals surface area contributed by atoms with Crippen molar-refractivity contribution in [1.29, 1.82) is 0 Å². The van der Waals surface area contributed by atoms with Gasteiger partial charge < -0.3 is 9.84 Å². The lowest BCUT2D eigenvalue weighted by atomic mass is 10.4. The van der Waals surface area contributed by atoms with E-state index in [1.54, 1.807) is 6.92 Å². The lowest BCUT2D eigenvalue weighted by Gasteiger charge is -2.06. The van der Waals surface area contributed by atoms with Crippen LogP contribution in [-0.4, -0.2) is 34.7 Å². The largest absolute Gasteiger partial charge is 0.480 e. The fraction of sp³-hybridized carbons (Fsp3) is 0.778. The van der Waals surface area contributed by atoms with Crippen LogP contribution in [0.5, 0.6) is 0 Å². The third-order valence-electron chi connectivity index (χ3n) is 1.56. The minimum Gasteiger partial charge on any atom is -0.480 e. The Morgan fingerprint density at radius 3 is 2.64 bits per heavy atom. The summed E-state index contributed by atoms with van der Waals surface area (Å²) in [5.74, 6) is -1.13. The number of carboxylic acid groups (broad SMARTS) is 1. The molecule has 4 nitrogen and oxygen atoms in total. The Morgan fingerprint density at radius 1 is 1.50 bits per heavy atom. The van der Waals surface area contributed by atoms with Gasteiger partial charge in [-0.2, -0.15) is 0 Å². The van der Waals surface area contributed by atoms with Crippen LogP contribution in [0, 0.1) is 0 Å². The zero-order chi connectivity index (χ0) is 11.0. The van der Waals surface area contributed by atoms with Gasteiger partial charge in [0.1, 0.15) is 0 Å². The molecule has 14 heavy (non-hydrogen) atoms. The Balaban J connectivity index is 3.48. The second kappa shape index (κ2) is 7.67. The van der Waals surface area contributed by atoms with Crippen molar-refractivity contribution in [2.24, 2.45) is 0 Å². The molecule has 0 aliphatic carbocycles. The Morgan fingerprint density at radius 2 is 2.14 bits per heavy atom. The highest BCUT2D eigenvalue weighted by molar-refractivity contribution is 8.01. The van der Waals surface area contributed by atoms with Crippen molar-refractivity contribution < 1.29 is 19.4 Å². The molecule has 0 heterocycles. The number of thioether (sulfide) groups is 1. The van der Waals surface area contributed by atoms with E-state index in [0.29, 0.717) is 6.61 Å². The van der Waals surface area contributed by atoms with Gasteiger partial charge in [0.05, 0.1) is 17.6 Å². The molecule has 0 aliphatic rings. The van der Waals surface area contributed by atoms with E-state index in [-0.39, 0.29) is 11.7 Å². The van der Waals surface area contributed by atoms with Crippen LogP contribution >= 0.6 is 11.8 Å². The second-order valence-electron chi connectivity index (χ2n) is 2.87. The van der Waals surface area contributed by atoms with Crippen LogP contribution in [0.4, 0.5) is 0 Å². The predicted octanol–water partition coefficient (Wildman–Crippen LogP) is 1.54. The molecule has 0 aromatic rings. The first-order valence-corrected chi connectivity index (χ1v) is 5.62. The van der Waals surface area contributed by atoms with Gasteiger partial charge in [0.2, 0.25) is 0 Å². The molecule has 0 aromatic carbocycles. The van der Waals surface area contributed by atoms with E-state index in [4.69, 9.17) is 9.84 Å². The zero-order valence-corrected chi connectivity index (χ0v) is 9.30. The molecule has 0 aromatic heterocycles. The number of hydrogen-bond acceptors (Lipinski definition) is 4. The van der Waals surface area contributed by atoms with Gasteiger partial charge in [0.15, 0.2) is 0 Å². The van der Waals surface area contributed by atoms with Crippen molar-refractivity contribution in [1.82, 2.24) is 0 Å². The van der Waals surface area contributed by atoms with Crippen LogP contribution in [0.3, 0.4) is 0 Å². The molecule has 0 fully saturated rings. The van der Waals surface area contributed by atoms with E-state index in [1.807, 2.05) is 6.92 Å². The van der Waals surface area contributed by atoms with Crippen molar-refractivity contribution in [3.05, 3.63) is 0 Å². The highest BCUT2D eigenvalue weighted by Gasteiger charge is 2.13. The number of ether oxygens (including phenoxy) is 1. The van der Waals surface area contributed by atoms with Crippen molar-refractivity contribution in [3.63, 3.8) is 0 Å². The molecule has 0 aliphatic heterocycles. The molecular weight excluding hydrogens is 204 g/mol. The second-order valence-corrected chi connectivity index (χ2v) is 4.19. The normalized spacial score (nSPS) is 12.1. The number of rotatable bonds is 7. The molecule has 5 heteroatoms. The van der Waals surface area contributed by atoms with Crippen molar-refractivity contribution in [3.8, 4) is 0 Å². The van der Waals surface area contributed by atoms with E-state index >= 15 is 0 Å². The summed E-state index contributed by atoms with van der Waals surface area (Å²) in [6.45, 7) is 3.98. The maximum Gasteiger partial charge on any atom is 0.316 e. The quantitative estimate of drug-likeness (QED) is 0.521. The maximum absolute atomic E-state index is 11.0. The highest BCUT2D eigenvalue weighted by Crippen LogP contribution is 2.10. The predicted molar refractivity (Wildman–Crippen MR) is 55.4 cm³/mol. The molecule has 0 saturated heterocycles. The molecule has 1 N–H and O–H groups in total. The minimum atomic E-state index is -0.906. The molecule has 0 radical (unpaired) electrons. The van der Waals surface area contributed by atoms with Gasteiger partial charge >= 0.3 is 11.9 Å². The molecule has 1 unspecified atom stereocenters. The first-order chi connectivity index (χ1) is 6.57. The fourth-order valence-corrected chi connectivity index (χ4v) is 1.25. The number of carboxylic acids is 1. The van der Waals surface area contributed by atoms with E-state index in [2.05, 4.69) is 0 Å². The zero-order valence-electron chi connectivity index (χ0n) is 8.49. The van der Waals surface area contributed by atoms with E-state index in [9.17, 15) is 9.59 Å². The Bertz CT molecular complexity index is 193. The van der Waals surface area contributed by atoms with Crippen LogP contribution in [0.25, 0.3) is 0 Å². The number of hydrogen-bond donors (Lipinski definition) is 1. The molecule has 0 spiro atoms. The van der Waals surface area contributed by atoms with Crippen LogP contribution in [0.1, 0.15) is 26.7 Å². The van der Waals surface area contributed by atoms with Crippen LogP contribution in [-0.2, 0) is 14.3 Å². The standard InChI is InChI=1S/C9H16O4S/c1-3-4-5-13-8(10)6-14-7(2)9(11)12/h7H,3-6H2,1-2H3,(H,11,12). The monoisotopic (exact) mass is 220 g/mol. The fourth-order valence-electron chi connectivity index (χ4n) is 0.636. The van der Waals surface area contributed by atoms with Crippen molar-refractivity contribution in [2.75, 3.05) is 12.4 Å². The summed E-state index contributed by atoms with van der Waals surface area (Å²) in [4.78, 5) is 21.4. The minimum absolute atomic E-state index is 0.108. The number of unbranched alkanes of at least 4 members (excludes halogenated alkanes) is 1. The summed E-state index contributed by atoms with van der Waals surface area (Å²) in [6, 6.07) is 0. The van der Waals surface area contributed by atoms with Gasteiger partial charge in [0, 0.05) is 0 Å². The average Bonchev–Trinajstić information content (AvgIpc) is 2.14. The Hall–Kier alpha value is -0.710. The van der Waals surface area contributed by atoms with Gasteiger partial charge in [-0.15, -0.1) is 11.8 Å². The molecule has 0 bridgehead atoms. The molecule has 82 valence electrons. The maximum atomic E-state index is 11.0. The van der Waals surface area contributed by atoms with Crippen LogP contribution in [0.2, 0.25) is 0 Å². The third kappa shape index (κ3) is 6.77. The molecule has 0 saturated carbocycles. The summed E-state index contributed by atoms with van der Waals surface area (Å²) < 4.78 is 4.86. The lowest BCUT2D eigenvalue weighted by molar-refractivity contribution is -0.140. The first kappa shape index (κ1) is 13.3. The van der Waals surface area contributed by atoms with Gasteiger partial charge in [0.25, 0.3) is 0 Å². The first-order valence-electron chi connectivity index (χ1n) is 4.58. The molecule has 1 atom stereocenters. The van der Waals surface area contributed by atoms with Gasteiger partial charge in [-0.1, -0.05) is 13.3 Å².